The Morgan fingerprint density at radius 1 is 1.23 bits per heavy atom. The van der Waals surface area contributed by atoms with Crippen LogP contribution in [0.25, 0.3) is 0 Å². The third-order valence-electron chi connectivity index (χ3n) is 4.48. The summed E-state index contributed by atoms with van der Waals surface area (Å²) in [5.74, 6) is 0.155. The van der Waals surface area contributed by atoms with E-state index < -0.39 is 0 Å². The van der Waals surface area contributed by atoms with Gasteiger partial charge in [0.05, 0.1) is 17.3 Å². The number of rotatable bonds is 0. The molecule has 0 spiro atoms. The van der Waals surface area contributed by atoms with Crippen LogP contribution in [0.5, 0.6) is 5.75 Å². The van der Waals surface area contributed by atoms with Crippen LogP contribution in [-0.2, 0) is 13.0 Å². The van der Waals surface area contributed by atoms with Crippen LogP contribution in [0.1, 0.15) is 27.0 Å². The number of phenols is 1. The van der Waals surface area contributed by atoms with E-state index in [0.29, 0.717) is 23.4 Å². The number of amides is 1. The molecule has 0 fully saturated rings. The zero-order valence-electron chi connectivity index (χ0n) is 12.3. The van der Waals surface area contributed by atoms with Gasteiger partial charge in [0.25, 0.3) is 5.91 Å². The Labute approximate surface area is 128 Å². The maximum absolute atomic E-state index is 12.9. The second-order valence-electron chi connectivity index (χ2n) is 5.91. The molecule has 1 atom stereocenters. The SMILES string of the molecule is Cc1cc2c(cc1O)N=C[C@@H]1Cc3ccccc3CN1C2=O. The highest BCUT2D eigenvalue weighted by Gasteiger charge is 2.32. The molecule has 0 aromatic heterocycles. The summed E-state index contributed by atoms with van der Waals surface area (Å²) >= 11 is 0. The van der Waals surface area contributed by atoms with Crippen LogP contribution in [0.4, 0.5) is 5.69 Å². The summed E-state index contributed by atoms with van der Waals surface area (Å²) in [6.07, 6.45) is 2.61. The molecule has 4 heteroatoms. The monoisotopic (exact) mass is 292 g/mol. The van der Waals surface area contributed by atoms with E-state index in [2.05, 4.69) is 17.1 Å². The summed E-state index contributed by atoms with van der Waals surface area (Å²) in [6.45, 7) is 2.39. The van der Waals surface area contributed by atoms with Crippen molar-refractivity contribution >= 4 is 17.8 Å². The molecule has 22 heavy (non-hydrogen) atoms. The van der Waals surface area contributed by atoms with Gasteiger partial charge >= 0.3 is 0 Å². The molecule has 1 amide bonds. The lowest BCUT2D eigenvalue weighted by molar-refractivity contribution is 0.0703. The van der Waals surface area contributed by atoms with Gasteiger partial charge < -0.3 is 10.0 Å². The van der Waals surface area contributed by atoms with Crippen LogP contribution >= 0.6 is 0 Å². The highest BCUT2D eigenvalue weighted by atomic mass is 16.3. The van der Waals surface area contributed by atoms with Crippen molar-refractivity contribution in [3.8, 4) is 5.75 Å². The number of hydrogen-bond acceptors (Lipinski definition) is 3. The predicted molar refractivity (Wildman–Crippen MR) is 84.8 cm³/mol. The molecule has 0 aliphatic carbocycles. The zero-order valence-corrected chi connectivity index (χ0v) is 12.3. The summed E-state index contributed by atoms with van der Waals surface area (Å²) in [6, 6.07) is 11.5. The van der Waals surface area contributed by atoms with Crippen LogP contribution in [0.15, 0.2) is 41.4 Å². The fraction of sp³-hybridized carbons (Fsp3) is 0.222. The van der Waals surface area contributed by atoms with E-state index in [9.17, 15) is 9.90 Å². The van der Waals surface area contributed by atoms with E-state index in [1.807, 2.05) is 23.2 Å². The van der Waals surface area contributed by atoms with Crippen molar-refractivity contribution in [1.82, 2.24) is 4.90 Å². The van der Waals surface area contributed by atoms with Gasteiger partial charge in [-0.1, -0.05) is 24.3 Å². The average Bonchev–Trinajstić information content (AvgIpc) is 2.65. The Morgan fingerprint density at radius 3 is 2.82 bits per heavy atom. The standard InChI is InChI=1S/C18H16N2O2/c1-11-6-15-16(8-17(11)21)19-9-14-7-12-4-2-3-5-13(12)10-20(14)18(15)22/h2-6,8-9,14,21H,7,10H2,1H3/t14-/m0/s1. The molecule has 1 N–H and O–H groups in total. The molecule has 4 nitrogen and oxygen atoms in total. The minimum atomic E-state index is -0.0303. The topological polar surface area (TPSA) is 52.9 Å². The number of carbonyl (C=O) groups is 1. The highest BCUT2D eigenvalue weighted by Crippen LogP contribution is 2.33. The van der Waals surface area contributed by atoms with E-state index in [1.54, 1.807) is 19.1 Å². The summed E-state index contributed by atoms with van der Waals surface area (Å²) < 4.78 is 0. The van der Waals surface area contributed by atoms with Gasteiger partial charge in [0.1, 0.15) is 5.75 Å². The minimum Gasteiger partial charge on any atom is -0.508 e. The lowest BCUT2D eigenvalue weighted by atomic mass is 9.94. The fourth-order valence-electron chi connectivity index (χ4n) is 3.19. The van der Waals surface area contributed by atoms with Crippen molar-refractivity contribution in [3.63, 3.8) is 0 Å². The minimum absolute atomic E-state index is 0.0184. The Hall–Kier alpha value is -2.62. The molecule has 0 bridgehead atoms. The zero-order chi connectivity index (χ0) is 15.3. The first-order valence-electron chi connectivity index (χ1n) is 7.39. The Morgan fingerprint density at radius 2 is 2.00 bits per heavy atom. The van der Waals surface area contributed by atoms with Gasteiger partial charge in [0.15, 0.2) is 0 Å². The summed E-state index contributed by atoms with van der Waals surface area (Å²) in [5.41, 5.74) is 4.27. The van der Waals surface area contributed by atoms with Crippen molar-refractivity contribution in [2.75, 3.05) is 0 Å². The summed E-state index contributed by atoms with van der Waals surface area (Å²) in [7, 11) is 0. The van der Waals surface area contributed by atoms with Crippen LogP contribution in [-0.4, -0.2) is 28.2 Å². The van der Waals surface area contributed by atoms with Crippen LogP contribution < -0.4 is 0 Å². The number of hydrogen-bond donors (Lipinski definition) is 1. The molecular formula is C18H16N2O2. The molecule has 0 saturated carbocycles. The normalized spacial score (nSPS) is 19.2. The third kappa shape index (κ3) is 1.91. The fourth-order valence-corrected chi connectivity index (χ4v) is 3.19. The Kier molecular flexibility index (Phi) is 2.79. The van der Waals surface area contributed by atoms with Gasteiger partial charge in [-0.15, -0.1) is 0 Å². The predicted octanol–water partition coefficient (Wildman–Crippen LogP) is 2.98. The quantitative estimate of drug-likeness (QED) is 0.811. The van der Waals surface area contributed by atoms with E-state index in [0.717, 1.165) is 6.42 Å². The van der Waals surface area contributed by atoms with Crippen LogP contribution in [0.2, 0.25) is 0 Å². The van der Waals surface area contributed by atoms with E-state index in [4.69, 9.17) is 0 Å². The molecule has 110 valence electrons. The van der Waals surface area contributed by atoms with Gasteiger partial charge in [-0.25, -0.2) is 0 Å². The number of nitrogens with zero attached hydrogens (tertiary/aromatic N) is 2. The molecule has 4 rings (SSSR count). The number of aryl methyl sites for hydroxylation is 1. The molecule has 2 aromatic carbocycles. The second kappa shape index (κ2) is 4.70. The molecule has 2 heterocycles. The van der Waals surface area contributed by atoms with Gasteiger partial charge in [-0.05, 0) is 36.1 Å². The maximum Gasteiger partial charge on any atom is 0.256 e. The van der Waals surface area contributed by atoms with Crippen molar-refractivity contribution in [3.05, 3.63) is 58.7 Å². The Bertz CT molecular complexity index is 811. The van der Waals surface area contributed by atoms with Crippen molar-refractivity contribution in [2.45, 2.75) is 25.9 Å². The van der Waals surface area contributed by atoms with Gasteiger partial charge in [0, 0.05) is 18.8 Å². The number of fused-ring (bicyclic) bond motifs is 3. The number of aliphatic imine (C=N–C) groups is 1. The molecule has 2 aromatic rings. The first kappa shape index (κ1) is 13.1. The molecule has 2 aliphatic rings. The molecule has 0 unspecified atom stereocenters. The molecule has 2 aliphatic heterocycles. The van der Waals surface area contributed by atoms with E-state index in [1.165, 1.54) is 11.1 Å². The van der Waals surface area contributed by atoms with Crippen molar-refractivity contribution in [2.24, 2.45) is 4.99 Å². The second-order valence-corrected chi connectivity index (χ2v) is 5.91. The summed E-state index contributed by atoms with van der Waals surface area (Å²) in [5, 5.41) is 9.86. The van der Waals surface area contributed by atoms with Crippen molar-refractivity contribution in [1.29, 1.82) is 0 Å². The highest BCUT2D eigenvalue weighted by molar-refractivity contribution is 6.03. The first-order chi connectivity index (χ1) is 10.6. The maximum atomic E-state index is 12.9. The summed E-state index contributed by atoms with van der Waals surface area (Å²) in [4.78, 5) is 19.2. The van der Waals surface area contributed by atoms with Crippen LogP contribution in [0.3, 0.4) is 0 Å². The number of aromatic hydroxyl groups is 1. The van der Waals surface area contributed by atoms with Gasteiger partial charge in [-0.2, -0.15) is 0 Å². The van der Waals surface area contributed by atoms with Crippen molar-refractivity contribution < 1.29 is 9.90 Å². The molecule has 0 saturated heterocycles. The van der Waals surface area contributed by atoms with E-state index in [-0.39, 0.29) is 17.7 Å². The lowest BCUT2D eigenvalue weighted by Crippen LogP contribution is -2.44. The largest absolute Gasteiger partial charge is 0.508 e. The smallest absolute Gasteiger partial charge is 0.256 e. The first-order valence-corrected chi connectivity index (χ1v) is 7.39. The van der Waals surface area contributed by atoms with E-state index >= 15 is 0 Å². The molecular weight excluding hydrogens is 276 g/mol. The molecule has 0 radical (unpaired) electrons. The van der Waals surface area contributed by atoms with Gasteiger partial charge in [0.2, 0.25) is 0 Å². The van der Waals surface area contributed by atoms with Crippen LogP contribution in [0, 0.1) is 6.92 Å². The third-order valence-corrected chi connectivity index (χ3v) is 4.48. The number of phenolic OH excluding ortho intramolecular Hbond substituents is 1. The van der Waals surface area contributed by atoms with Gasteiger partial charge in [-0.3, -0.25) is 9.79 Å². The lowest BCUT2D eigenvalue weighted by Gasteiger charge is -2.34. The Balaban J connectivity index is 1.81. The number of carbonyl (C=O) groups excluding carboxylic acids is 1. The average molecular weight is 292 g/mol. The number of benzene rings is 2.